The predicted molar refractivity (Wildman–Crippen MR) is 175 cm³/mol. The Morgan fingerprint density at radius 2 is 2.09 bits per heavy atom. The molecule has 7 rings (SSSR count). The van der Waals surface area contributed by atoms with E-state index in [0.29, 0.717) is 53.4 Å². The second kappa shape index (κ2) is 11.7. The van der Waals surface area contributed by atoms with Crippen LogP contribution in [0.1, 0.15) is 61.4 Å². The first kappa shape index (κ1) is 30.8. The Hall–Kier alpha value is -3.87. The maximum absolute atomic E-state index is 14.2. The number of benzene rings is 1. The number of rotatable bonds is 4. The highest BCUT2D eigenvalue weighted by Gasteiger charge is 2.71. The van der Waals surface area contributed by atoms with Crippen LogP contribution in [-0.4, -0.2) is 71.2 Å². The van der Waals surface area contributed by atoms with Gasteiger partial charge in [-0.15, -0.1) is 11.3 Å². The number of thiophene rings is 1. The number of methoxy groups -OCH3 is 1. The first-order chi connectivity index (χ1) is 22.1. The van der Waals surface area contributed by atoms with Gasteiger partial charge in [-0.2, -0.15) is 0 Å². The minimum absolute atomic E-state index is 0.0180. The molecule has 236 valence electrons. The molecule has 0 bridgehead atoms. The van der Waals surface area contributed by atoms with Crippen LogP contribution in [0.25, 0.3) is 21.3 Å². The van der Waals surface area contributed by atoms with Crippen LogP contribution in [0, 0.1) is 17.3 Å². The van der Waals surface area contributed by atoms with Crippen LogP contribution in [-0.2, 0) is 9.53 Å². The first-order valence-electron chi connectivity index (χ1n) is 15.3. The minimum atomic E-state index is -2.57. The predicted octanol–water partition coefficient (Wildman–Crippen LogP) is 7.13. The molecule has 4 aliphatic rings. The molecular formula is C35H31ClF2N4O3S. The van der Waals surface area contributed by atoms with Gasteiger partial charge in [0.1, 0.15) is 11.5 Å². The Labute approximate surface area is 274 Å². The van der Waals surface area contributed by atoms with E-state index in [-0.39, 0.29) is 19.0 Å². The third kappa shape index (κ3) is 5.26. The molecule has 2 aliphatic carbocycles. The molecule has 2 atom stereocenters. The standard InChI is InChI=1S/C35H31ClF2N4O3S/c1-21-40-29-9-8-24(41-13-4-11-34(20-41)19-35(34,37)38)16-27(29)30(17-43)42(21)14-3-5-22-6-7-23(36)15-26(22)25-10-12-39-31-28(33(44)45-2)18-46-32(25)31/h6-7,10,12,15,18,24H,4,8-9,11,13-14,16,19-20H2,1-2H3. The van der Waals surface area contributed by atoms with Gasteiger partial charge in [-0.3, -0.25) is 9.88 Å². The van der Waals surface area contributed by atoms with Crippen molar-refractivity contribution >= 4 is 50.9 Å². The summed E-state index contributed by atoms with van der Waals surface area (Å²) in [6.07, 6.45) is 5.07. The molecule has 2 aliphatic heterocycles. The summed E-state index contributed by atoms with van der Waals surface area (Å²) in [7, 11) is 1.34. The fourth-order valence-electron chi connectivity index (χ4n) is 7.23. The normalized spacial score (nSPS) is 23.8. The van der Waals surface area contributed by atoms with Crippen LogP contribution in [0.3, 0.4) is 0 Å². The number of halogens is 3. The maximum atomic E-state index is 14.2. The van der Waals surface area contributed by atoms with Gasteiger partial charge in [-0.1, -0.05) is 23.4 Å². The molecule has 3 aromatic rings. The van der Waals surface area contributed by atoms with E-state index in [1.807, 2.05) is 25.1 Å². The van der Waals surface area contributed by atoms with Gasteiger partial charge in [0, 0.05) is 63.6 Å². The van der Waals surface area contributed by atoms with Gasteiger partial charge in [-0.25, -0.2) is 23.4 Å². The number of carbonyl (C=O) groups is 1. The van der Waals surface area contributed by atoms with Crippen LogP contribution in [0.15, 0.2) is 57.8 Å². The van der Waals surface area contributed by atoms with E-state index in [1.165, 1.54) is 18.4 Å². The zero-order valence-corrected chi connectivity index (χ0v) is 27.0. The van der Waals surface area contributed by atoms with Gasteiger partial charge in [0.2, 0.25) is 0 Å². The second-order valence-corrected chi connectivity index (χ2v) is 13.7. The SMILES string of the molecule is COC(=O)c1csc2c(-c3cc(Cl)ccc3C#CCN3C(=C=O)C4=C(CCC(N5CCCC6(C5)CC6(F)F)C4)N=C3C)ccnc12. The van der Waals surface area contributed by atoms with Crippen molar-refractivity contribution in [2.75, 3.05) is 26.7 Å². The molecule has 46 heavy (non-hydrogen) atoms. The van der Waals surface area contributed by atoms with E-state index in [9.17, 15) is 18.4 Å². The number of aromatic nitrogens is 1. The Morgan fingerprint density at radius 1 is 1.26 bits per heavy atom. The smallest absolute Gasteiger partial charge is 0.340 e. The van der Waals surface area contributed by atoms with E-state index in [4.69, 9.17) is 21.3 Å². The molecule has 2 fully saturated rings. The molecule has 1 spiro atoms. The van der Waals surface area contributed by atoms with Crippen molar-refractivity contribution in [3.05, 3.63) is 69.0 Å². The van der Waals surface area contributed by atoms with Crippen molar-refractivity contribution in [2.45, 2.75) is 57.4 Å². The number of hydrogen-bond donors (Lipinski definition) is 0. The Morgan fingerprint density at radius 3 is 2.85 bits per heavy atom. The number of esters is 1. The van der Waals surface area contributed by atoms with E-state index in [2.05, 4.69) is 27.7 Å². The third-order valence-corrected chi connectivity index (χ3v) is 11.0. The van der Waals surface area contributed by atoms with E-state index in [0.717, 1.165) is 52.0 Å². The molecule has 1 aromatic carbocycles. The minimum Gasteiger partial charge on any atom is -0.465 e. The molecule has 0 amide bonds. The monoisotopic (exact) mass is 660 g/mol. The summed E-state index contributed by atoms with van der Waals surface area (Å²) in [6.45, 7) is 3.27. The maximum Gasteiger partial charge on any atom is 0.340 e. The van der Waals surface area contributed by atoms with Gasteiger partial charge in [0.25, 0.3) is 5.92 Å². The van der Waals surface area contributed by atoms with Gasteiger partial charge >= 0.3 is 5.97 Å². The highest BCUT2D eigenvalue weighted by atomic mass is 35.5. The van der Waals surface area contributed by atoms with Crippen LogP contribution >= 0.6 is 22.9 Å². The zero-order chi connectivity index (χ0) is 32.2. The van der Waals surface area contributed by atoms with Crippen LogP contribution in [0.4, 0.5) is 8.78 Å². The van der Waals surface area contributed by atoms with Crippen molar-refractivity contribution in [3.63, 3.8) is 0 Å². The molecule has 11 heteroatoms. The topological polar surface area (TPSA) is 75.1 Å². The Balaban J connectivity index is 1.13. The van der Waals surface area contributed by atoms with Crippen LogP contribution < -0.4 is 0 Å². The molecule has 0 radical (unpaired) electrons. The highest BCUT2D eigenvalue weighted by molar-refractivity contribution is 7.18. The zero-order valence-electron chi connectivity index (χ0n) is 25.5. The number of fused-ring (bicyclic) bond motifs is 1. The van der Waals surface area contributed by atoms with E-state index in [1.54, 1.807) is 22.5 Å². The molecule has 1 saturated carbocycles. The second-order valence-electron chi connectivity index (χ2n) is 12.4. The number of nitrogens with zero attached hydrogens (tertiary/aromatic N) is 4. The first-order valence-corrected chi connectivity index (χ1v) is 16.6. The lowest BCUT2D eigenvalue weighted by atomic mass is 9.85. The third-order valence-electron chi connectivity index (χ3n) is 9.77. The molecule has 2 unspecified atom stereocenters. The van der Waals surface area contributed by atoms with Gasteiger partial charge < -0.3 is 9.64 Å². The van der Waals surface area contributed by atoms with Gasteiger partial charge in [-0.05, 0) is 69.8 Å². The molecule has 7 nitrogen and oxygen atoms in total. The number of ether oxygens (including phenoxy) is 1. The average Bonchev–Trinajstić information content (AvgIpc) is 3.33. The van der Waals surface area contributed by atoms with Crippen molar-refractivity contribution in [1.82, 2.24) is 14.8 Å². The lowest BCUT2D eigenvalue weighted by Gasteiger charge is -2.42. The van der Waals surface area contributed by atoms with Gasteiger partial charge in [0.05, 0.1) is 34.8 Å². The number of pyridine rings is 1. The number of carbonyl (C=O) groups excluding carboxylic acids is 2. The molecule has 1 saturated heterocycles. The van der Waals surface area contributed by atoms with Gasteiger partial charge in [0.15, 0.2) is 5.94 Å². The molecule has 2 aromatic heterocycles. The van der Waals surface area contributed by atoms with E-state index >= 15 is 0 Å². The number of hydrogen-bond acceptors (Lipinski definition) is 8. The number of aliphatic imine (C=N–C) groups is 1. The fourth-order valence-corrected chi connectivity index (χ4v) is 8.43. The summed E-state index contributed by atoms with van der Waals surface area (Å²) in [5, 5.41) is 2.27. The highest BCUT2D eigenvalue weighted by Crippen LogP contribution is 2.65. The summed E-state index contributed by atoms with van der Waals surface area (Å²) in [6, 6.07) is 7.41. The van der Waals surface area contributed by atoms with E-state index < -0.39 is 17.3 Å². The molecular weight excluding hydrogens is 630 g/mol. The fraction of sp³-hybridized carbons (Fsp3) is 0.400. The number of amidine groups is 1. The van der Waals surface area contributed by atoms with Crippen molar-refractivity contribution in [1.29, 1.82) is 0 Å². The summed E-state index contributed by atoms with van der Waals surface area (Å²) in [4.78, 5) is 38.0. The Bertz CT molecular complexity index is 1950. The van der Waals surface area contributed by atoms with Crippen molar-refractivity contribution in [3.8, 4) is 23.0 Å². The summed E-state index contributed by atoms with van der Waals surface area (Å²) < 4.78 is 34.2. The summed E-state index contributed by atoms with van der Waals surface area (Å²) in [5.74, 6) is 6.30. The Kier molecular flexibility index (Phi) is 7.85. The number of alkyl halides is 2. The molecule has 4 heterocycles. The number of piperidine rings is 1. The average molecular weight is 661 g/mol. The largest absolute Gasteiger partial charge is 0.465 e. The summed E-state index contributed by atoms with van der Waals surface area (Å²) in [5.41, 5.74) is 4.57. The number of likely N-dealkylation sites (tertiary alicyclic amines) is 1. The van der Waals surface area contributed by atoms with Crippen LogP contribution in [0.2, 0.25) is 5.02 Å². The number of allylic oxidation sites excluding steroid dienone is 2. The summed E-state index contributed by atoms with van der Waals surface area (Å²) >= 11 is 7.82. The van der Waals surface area contributed by atoms with Crippen LogP contribution in [0.5, 0.6) is 0 Å². The lowest BCUT2D eigenvalue weighted by molar-refractivity contribution is 0.0106. The quantitative estimate of drug-likeness (QED) is 0.168. The lowest BCUT2D eigenvalue weighted by Crippen LogP contribution is -2.47. The molecule has 0 N–H and O–H groups in total. The van der Waals surface area contributed by atoms with Crippen molar-refractivity contribution < 1.29 is 23.1 Å². The van der Waals surface area contributed by atoms with Crippen molar-refractivity contribution in [2.24, 2.45) is 10.4 Å².